The van der Waals surface area contributed by atoms with Crippen LogP contribution in [-0.2, 0) is 17.8 Å². The summed E-state index contributed by atoms with van der Waals surface area (Å²) in [5.74, 6) is 0.457. The van der Waals surface area contributed by atoms with Gasteiger partial charge >= 0.3 is 0 Å². The average molecular weight is 342 g/mol. The highest BCUT2D eigenvalue weighted by molar-refractivity contribution is 7.12. The van der Waals surface area contributed by atoms with E-state index in [1.165, 1.54) is 16.9 Å². The lowest BCUT2D eigenvalue weighted by atomic mass is 9.98. The molecule has 5 heteroatoms. The van der Waals surface area contributed by atoms with Gasteiger partial charge in [0.1, 0.15) is 0 Å². The van der Waals surface area contributed by atoms with Gasteiger partial charge in [-0.25, -0.2) is 0 Å². The van der Waals surface area contributed by atoms with E-state index in [9.17, 15) is 9.59 Å². The van der Waals surface area contributed by atoms with Crippen molar-refractivity contribution in [1.29, 1.82) is 0 Å². The summed E-state index contributed by atoms with van der Waals surface area (Å²) in [5, 5.41) is 4.88. The molecule has 0 fully saturated rings. The maximum absolute atomic E-state index is 12.5. The number of benzene rings is 1. The SMILES string of the molecule is CC(C)CC(=O)Nc1ccc2c(c1)CN(C(=O)c1cccs1)CC2. The molecule has 0 unspecified atom stereocenters. The Morgan fingerprint density at radius 1 is 1.25 bits per heavy atom. The van der Waals surface area contributed by atoms with Gasteiger partial charge in [0.15, 0.2) is 0 Å². The lowest BCUT2D eigenvalue weighted by Crippen LogP contribution is -2.35. The number of amides is 2. The molecule has 0 saturated carbocycles. The van der Waals surface area contributed by atoms with Crippen molar-refractivity contribution in [3.63, 3.8) is 0 Å². The van der Waals surface area contributed by atoms with E-state index in [-0.39, 0.29) is 11.8 Å². The number of carbonyl (C=O) groups is 2. The first-order valence-electron chi connectivity index (χ1n) is 8.27. The summed E-state index contributed by atoms with van der Waals surface area (Å²) >= 11 is 1.47. The molecular weight excluding hydrogens is 320 g/mol. The fourth-order valence-corrected chi connectivity index (χ4v) is 3.64. The summed E-state index contributed by atoms with van der Waals surface area (Å²) in [7, 11) is 0. The average Bonchev–Trinajstić information content (AvgIpc) is 3.07. The highest BCUT2D eigenvalue weighted by Crippen LogP contribution is 2.25. The molecule has 1 aliphatic heterocycles. The van der Waals surface area contributed by atoms with Gasteiger partial charge in [-0.2, -0.15) is 0 Å². The van der Waals surface area contributed by atoms with Crippen LogP contribution in [0.15, 0.2) is 35.7 Å². The second kappa shape index (κ2) is 7.18. The van der Waals surface area contributed by atoms with Crippen LogP contribution in [0.5, 0.6) is 0 Å². The van der Waals surface area contributed by atoms with Crippen LogP contribution in [0, 0.1) is 5.92 Å². The minimum atomic E-state index is 0.0345. The normalized spacial score (nSPS) is 13.7. The van der Waals surface area contributed by atoms with Gasteiger partial charge in [-0.3, -0.25) is 9.59 Å². The first-order valence-corrected chi connectivity index (χ1v) is 9.15. The smallest absolute Gasteiger partial charge is 0.264 e. The van der Waals surface area contributed by atoms with Gasteiger partial charge in [-0.1, -0.05) is 26.0 Å². The molecule has 1 aliphatic rings. The first kappa shape index (κ1) is 16.7. The van der Waals surface area contributed by atoms with Gasteiger partial charge in [0.2, 0.25) is 5.91 Å². The van der Waals surface area contributed by atoms with Gasteiger partial charge in [-0.15, -0.1) is 11.3 Å². The summed E-state index contributed by atoms with van der Waals surface area (Å²) in [4.78, 5) is 27.1. The molecule has 126 valence electrons. The van der Waals surface area contributed by atoms with Gasteiger partial charge in [0, 0.05) is 25.2 Å². The van der Waals surface area contributed by atoms with E-state index in [0.29, 0.717) is 18.9 Å². The van der Waals surface area contributed by atoms with E-state index in [4.69, 9.17) is 0 Å². The van der Waals surface area contributed by atoms with Crippen LogP contribution in [0.3, 0.4) is 0 Å². The molecule has 24 heavy (non-hydrogen) atoms. The molecule has 1 aromatic heterocycles. The molecule has 3 rings (SSSR count). The molecule has 2 aromatic rings. The highest BCUT2D eigenvalue weighted by Gasteiger charge is 2.22. The number of rotatable bonds is 4. The molecule has 1 N–H and O–H groups in total. The van der Waals surface area contributed by atoms with E-state index >= 15 is 0 Å². The zero-order valence-electron chi connectivity index (χ0n) is 14.0. The molecule has 0 spiro atoms. The number of fused-ring (bicyclic) bond motifs is 1. The first-order chi connectivity index (χ1) is 11.5. The Morgan fingerprint density at radius 2 is 2.08 bits per heavy atom. The Bertz CT molecular complexity index is 738. The number of nitrogens with one attached hydrogen (secondary N) is 1. The van der Waals surface area contributed by atoms with Crippen molar-refractivity contribution in [3.05, 3.63) is 51.7 Å². The van der Waals surface area contributed by atoms with E-state index in [1.807, 2.05) is 48.4 Å². The quantitative estimate of drug-likeness (QED) is 0.915. The number of hydrogen-bond donors (Lipinski definition) is 1. The third-order valence-electron chi connectivity index (χ3n) is 4.12. The maximum atomic E-state index is 12.5. The number of carbonyl (C=O) groups excluding carboxylic acids is 2. The molecule has 0 aliphatic carbocycles. The highest BCUT2D eigenvalue weighted by atomic mass is 32.1. The monoisotopic (exact) mass is 342 g/mol. The van der Waals surface area contributed by atoms with Crippen LogP contribution >= 0.6 is 11.3 Å². The predicted octanol–water partition coefficient (Wildman–Crippen LogP) is 3.93. The third kappa shape index (κ3) is 3.85. The number of nitrogens with zero attached hydrogens (tertiary/aromatic N) is 1. The van der Waals surface area contributed by atoms with Gasteiger partial charge in [-0.05, 0) is 47.0 Å². The Hall–Kier alpha value is -2.14. The van der Waals surface area contributed by atoms with Crippen molar-refractivity contribution >= 4 is 28.8 Å². The number of hydrogen-bond acceptors (Lipinski definition) is 3. The lowest BCUT2D eigenvalue weighted by molar-refractivity contribution is -0.116. The van der Waals surface area contributed by atoms with Gasteiger partial charge in [0.25, 0.3) is 5.91 Å². The van der Waals surface area contributed by atoms with E-state index in [0.717, 1.165) is 29.1 Å². The lowest BCUT2D eigenvalue weighted by Gasteiger charge is -2.29. The second-order valence-corrected chi connectivity index (χ2v) is 7.53. The largest absolute Gasteiger partial charge is 0.333 e. The Morgan fingerprint density at radius 3 is 2.79 bits per heavy atom. The fraction of sp³-hybridized carbons (Fsp3) is 0.368. The Labute approximate surface area is 146 Å². The standard InChI is InChI=1S/C19H22N2O2S/c1-13(2)10-18(22)20-16-6-5-14-7-8-21(12-15(14)11-16)19(23)17-4-3-9-24-17/h3-6,9,11,13H,7-8,10,12H2,1-2H3,(H,20,22). The topological polar surface area (TPSA) is 49.4 Å². The van der Waals surface area contributed by atoms with E-state index in [2.05, 4.69) is 11.4 Å². The van der Waals surface area contributed by atoms with Crippen molar-refractivity contribution < 1.29 is 9.59 Å². The molecule has 0 radical (unpaired) electrons. The maximum Gasteiger partial charge on any atom is 0.264 e. The molecular formula is C19H22N2O2S. The van der Waals surface area contributed by atoms with Crippen LogP contribution < -0.4 is 5.32 Å². The van der Waals surface area contributed by atoms with Crippen LogP contribution in [0.25, 0.3) is 0 Å². The molecule has 1 aromatic carbocycles. The molecule has 4 nitrogen and oxygen atoms in total. The zero-order chi connectivity index (χ0) is 17.1. The summed E-state index contributed by atoms with van der Waals surface area (Å²) < 4.78 is 0. The molecule has 0 bridgehead atoms. The van der Waals surface area contributed by atoms with Crippen LogP contribution in [0.4, 0.5) is 5.69 Å². The Balaban J connectivity index is 1.72. The van der Waals surface area contributed by atoms with Crippen LogP contribution in [-0.4, -0.2) is 23.3 Å². The summed E-state index contributed by atoms with van der Waals surface area (Å²) in [6.45, 7) is 5.39. The minimum Gasteiger partial charge on any atom is -0.333 e. The minimum absolute atomic E-state index is 0.0345. The summed E-state index contributed by atoms with van der Waals surface area (Å²) in [6, 6.07) is 9.78. The van der Waals surface area contributed by atoms with Crippen molar-refractivity contribution in [3.8, 4) is 0 Å². The van der Waals surface area contributed by atoms with Crippen molar-refractivity contribution in [2.24, 2.45) is 5.92 Å². The molecule has 2 heterocycles. The zero-order valence-corrected chi connectivity index (χ0v) is 14.9. The van der Waals surface area contributed by atoms with Crippen molar-refractivity contribution in [2.75, 3.05) is 11.9 Å². The predicted molar refractivity (Wildman–Crippen MR) is 97.3 cm³/mol. The fourth-order valence-electron chi connectivity index (χ4n) is 2.95. The second-order valence-electron chi connectivity index (χ2n) is 6.58. The molecule has 0 saturated heterocycles. The number of anilines is 1. The molecule has 0 atom stereocenters. The van der Waals surface area contributed by atoms with Crippen molar-refractivity contribution in [2.45, 2.75) is 33.2 Å². The Kier molecular flexibility index (Phi) is 5.00. The summed E-state index contributed by atoms with van der Waals surface area (Å²) in [6.07, 6.45) is 1.37. The number of thiophene rings is 1. The van der Waals surface area contributed by atoms with Crippen LogP contribution in [0.2, 0.25) is 0 Å². The van der Waals surface area contributed by atoms with Gasteiger partial charge < -0.3 is 10.2 Å². The van der Waals surface area contributed by atoms with Crippen molar-refractivity contribution in [1.82, 2.24) is 4.90 Å². The third-order valence-corrected chi connectivity index (χ3v) is 4.97. The summed E-state index contributed by atoms with van der Waals surface area (Å²) in [5.41, 5.74) is 3.19. The molecule has 2 amide bonds. The van der Waals surface area contributed by atoms with E-state index in [1.54, 1.807) is 0 Å². The van der Waals surface area contributed by atoms with E-state index < -0.39 is 0 Å². The van der Waals surface area contributed by atoms with Crippen LogP contribution in [0.1, 0.15) is 41.1 Å². The van der Waals surface area contributed by atoms with Gasteiger partial charge in [0.05, 0.1) is 4.88 Å².